The third-order valence-corrected chi connectivity index (χ3v) is 2.74. The zero-order valence-corrected chi connectivity index (χ0v) is 11.3. The predicted molar refractivity (Wildman–Crippen MR) is 72.4 cm³/mol. The van der Waals surface area contributed by atoms with E-state index >= 15 is 0 Å². The molecular weight excluding hydrogens is 319 g/mol. The molecule has 4 nitrogen and oxygen atoms in total. The summed E-state index contributed by atoms with van der Waals surface area (Å²) < 4.78 is 1.13. The van der Waals surface area contributed by atoms with Crippen LogP contribution in [-0.4, -0.2) is 42.7 Å². The first-order valence-corrected chi connectivity index (χ1v) is 6.04. The molecule has 0 aliphatic heterocycles. The van der Waals surface area contributed by atoms with E-state index in [-0.39, 0.29) is 19.1 Å². The molecule has 5 heteroatoms. The van der Waals surface area contributed by atoms with Crippen molar-refractivity contribution < 1.29 is 9.90 Å². The van der Waals surface area contributed by atoms with E-state index in [9.17, 15) is 4.79 Å². The average Bonchev–Trinajstić information content (AvgIpc) is 2.21. The Balaban J connectivity index is 2.42. The van der Waals surface area contributed by atoms with Crippen molar-refractivity contribution in [2.75, 3.05) is 32.1 Å². The van der Waals surface area contributed by atoms with Gasteiger partial charge in [0.05, 0.1) is 13.2 Å². The molecule has 88 valence electrons. The minimum atomic E-state index is -0.0721. The van der Waals surface area contributed by atoms with Gasteiger partial charge in [-0.05, 0) is 53.9 Å². The molecule has 0 bridgehead atoms. The van der Waals surface area contributed by atoms with Crippen molar-refractivity contribution in [3.05, 3.63) is 27.8 Å². The average molecular weight is 334 g/mol. The van der Waals surface area contributed by atoms with Gasteiger partial charge in [0.15, 0.2) is 0 Å². The van der Waals surface area contributed by atoms with Crippen LogP contribution in [0, 0.1) is 3.57 Å². The summed E-state index contributed by atoms with van der Waals surface area (Å²) in [6, 6.07) is 7.61. The summed E-state index contributed by atoms with van der Waals surface area (Å²) in [5.74, 6) is -0.0721. The number of amides is 1. The van der Waals surface area contributed by atoms with Crippen LogP contribution in [0.5, 0.6) is 0 Å². The lowest BCUT2D eigenvalue weighted by molar-refractivity contribution is -0.117. The smallest absolute Gasteiger partial charge is 0.238 e. The van der Waals surface area contributed by atoms with Gasteiger partial charge in [-0.15, -0.1) is 0 Å². The van der Waals surface area contributed by atoms with Crippen LogP contribution in [0.4, 0.5) is 5.69 Å². The maximum absolute atomic E-state index is 11.5. The van der Waals surface area contributed by atoms with Gasteiger partial charge in [-0.2, -0.15) is 0 Å². The second-order valence-corrected chi connectivity index (χ2v) is 4.76. The fraction of sp³-hybridized carbons (Fsp3) is 0.364. The van der Waals surface area contributed by atoms with Gasteiger partial charge >= 0.3 is 0 Å². The normalized spacial score (nSPS) is 10.5. The summed E-state index contributed by atoms with van der Waals surface area (Å²) >= 11 is 2.21. The maximum atomic E-state index is 11.5. The molecule has 0 saturated heterocycles. The fourth-order valence-corrected chi connectivity index (χ4v) is 1.59. The monoisotopic (exact) mass is 334 g/mol. The first kappa shape index (κ1) is 13.4. The van der Waals surface area contributed by atoms with Gasteiger partial charge in [-0.3, -0.25) is 9.69 Å². The van der Waals surface area contributed by atoms with Crippen LogP contribution in [0.15, 0.2) is 24.3 Å². The second kappa shape index (κ2) is 6.82. The Hall–Kier alpha value is -0.660. The third kappa shape index (κ3) is 4.91. The largest absolute Gasteiger partial charge is 0.395 e. The minimum absolute atomic E-state index is 0.0628. The number of aliphatic hydroxyl groups excluding tert-OH is 1. The number of benzene rings is 1. The lowest BCUT2D eigenvalue weighted by Crippen LogP contribution is -2.32. The van der Waals surface area contributed by atoms with E-state index in [4.69, 9.17) is 5.11 Å². The molecule has 0 aromatic heterocycles. The molecule has 0 aliphatic rings. The second-order valence-electron chi connectivity index (χ2n) is 3.52. The van der Waals surface area contributed by atoms with Gasteiger partial charge in [-0.25, -0.2) is 0 Å². The summed E-state index contributed by atoms with van der Waals surface area (Å²) in [6.07, 6.45) is 0. The zero-order valence-electron chi connectivity index (χ0n) is 9.11. The van der Waals surface area contributed by atoms with Crippen LogP contribution in [-0.2, 0) is 4.79 Å². The van der Waals surface area contributed by atoms with E-state index in [0.29, 0.717) is 6.54 Å². The van der Waals surface area contributed by atoms with Crippen LogP contribution in [0.1, 0.15) is 0 Å². The minimum Gasteiger partial charge on any atom is -0.395 e. The van der Waals surface area contributed by atoms with Gasteiger partial charge < -0.3 is 10.4 Å². The van der Waals surface area contributed by atoms with Crippen molar-refractivity contribution in [1.29, 1.82) is 0 Å². The van der Waals surface area contributed by atoms with Crippen molar-refractivity contribution in [3.63, 3.8) is 0 Å². The summed E-state index contributed by atoms with van der Waals surface area (Å²) in [6.45, 7) is 0.847. The quantitative estimate of drug-likeness (QED) is 0.795. The van der Waals surface area contributed by atoms with Crippen LogP contribution < -0.4 is 5.32 Å². The van der Waals surface area contributed by atoms with Gasteiger partial charge in [0.2, 0.25) is 5.91 Å². The molecule has 0 aliphatic carbocycles. The number of halogens is 1. The molecular formula is C11H15IN2O2. The molecule has 1 rings (SSSR count). The number of hydrogen-bond acceptors (Lipinski definition) is 3. The lowest BCUT2D eigenvalue weighted by Gasteiger charge is -2.14. The number of aliphatic hydroxyl groups is 1. The van der Waals surface area contributed by atoms with Crippen molar-refractivity contribution >= 4 is 34.2 Å². The Bertz CT molecular complexity index is 340. The highest BCUT2D eigenvalue weighted by atomic mass is 127. The number of hydrogen-bond donors (Lipinski definition) is 2. The summed E-state index contributed by atoms with van der Waals surface area (Å²) in [5, 5.41) is 11.5. The maximum Gasteiger partial charge on any atom is 0.238 e. The van der Waals surface area contributed by atoms with Gasteiger partial charge in [0.1, 0.15) is 0 Å². The number of nitrogens with one attached hydrogen (secondary N) is 1. The van der Waals surface area contributed by atoms with E-state index in [0.717, 1.165) is 9.26 Å². The number of likely N-dealkylation sites (N-methyl/N-ethyl adjacent to an activating group) is 1. The van der Waals surface area contributed by atoms with Crippen molar-refractivity contribution in [3.8, 4) is 0 Å². The molecule has 1 amide bonds. The SMILES string of the molecule is CN(CCO)CC(=O)Nc1ccc(I)cc1. The highest BCUT2D eigenvalue weighted by molar-refractivity contribution is 14.1. The molecule has 0 saturated carbocycles. The fourth-order valence-electron chi connectivity index (χ4n) is 1.23. The molecule has 0 heterocycles. The zero-order chi connectivity index (χ0) is 12.0. The Morgan fingerprint density at radius 1 is 1.44 bits per heavy atom. The standard InChI is InChI=1S/C11H15IN2O2/c1-14(6-7-15)8-11(16)13-10-4-2-9(12)3-5-10/h2-5,15H,6-8H2,1H3,(H,13,16). The number of rotatable bonds is 5. The first-order chi connectivity index (χ1) is 7.61. The molecule has 16 heavy (non-hydrogen) atoms. The van der Waals surface area contributed by atoms with Crippen LogP contribution in [0.2, 0.25) is 0 Å². The molecule has 1 aromatic rings. The molecule has 0 radical (unpaired) electrons. The van der Waals surface area contributed by atoms with Gasteiger partial charge in [-0.1, -0.05) is 0 Å². The summed E-state index contributed by atoms with van der Waals surface area (Å²) in [4.78, 5) is 13.3. The van der Waals surface area contributed by atoms with Crippen LogP contribution in [0.3, 0.4) is 0 Å². The molecule has 1 aromatic carbocycles. The Kier molecular flexibility index (Phi) is 5.72. The lowest BCUT2D eigenvalue weighted by atomic mass is 10.3. The first-order valence-electron chi connectivity index (χ1n) is 4.96. The topological polar surface area (TPSA) is 52.6 Å². The predicted octanol–water partition coefficient (Wildman–Crippen LogP) is 1.15. The molecule has 0 fully saturated rings. The van der Waals surface area contributed by atoms with E-state index < -0.39 is 0 Å². The number of nitrogens with zero attached hydrogens (tertiary/aromatic N) is 1. The van der Waals surface area contributed by atoms with Crippen molar-refractivity contribution in [2.24, 2.45) is 0 Å². The molecule has 0 unspecified atom stereocenters. The molecule has 0 spiro atoms. The Labute approximate surface area is 109 Å². The Morgan fingerprint density at radius 3 is 2.62 bits per heavy atom. The number of carbonyl (C=O) groups excluding carboxylic acids is 1. The number of carbonyl (C=O) groups is 1. The highest BCUT2D eigenvalue weighted by Crippen LogP contribution is 2.10. The summed E-state index contributed by atoms with van der Waals surface area (Å²) in [5.41, 5.74) is 0.794. The van der Waals surface area contributed by atoms with Crippen LogP contribution >= 0.6 is 22.6 Å². The van der Waals surface area contributed by atoms with Crippen molar-refractivity contribution in [1.82, 2.24) is 4.90 Å². The molecule has 2 N–H and O–H groups in total. The Morgan fingerprint density at radius 2 is 2.06 bits per heavy atom. The number of anilines is 1. The molecule has 0 atom stereocenters. The van der Waals surface area contributed by atoms with E-state index in [1.54, 1.807) is 11.9 Å². The third-order valence-electron chi connectivity index (χ3n) is 2.02. The van der Waals surface area contributed by atoms with E-state index in [1.807, 2.05) is 24.3 Å². The van der Waals surface area contributed by atoms with E-state index in [1.165, 1.54) is 0 Å². The van der Waals surface area contributed by atoms with Gasteiger partial charge in [0.25, 0.3) is 0 Å². The highest BCUT2D eigenvalue weighted by Gasteiger charge is 2.05. The summed E-state index contributed by atoms with van der Waals surface area (Å²) in [7, 11) is 1.80. The van der Waals surface area contributed by atoms with Crippen LogP contribution in [0.25, 0.3) is 0 Å². The van der Waals surface area contributed by atoms with Gasteiger partial charge in [0, 0.05) is 15.8 Å². The van der Waals surface area contributed by atoms with Crippen molar-refractivity contribution in [2.45, 2.75) is 0 Å². The van der Waals surface area contributed by atoms with E-state index in [2.05, 4.69) is 27.9 Å².